The summed E-state index contributed by atoms with van der Waals surface area (Å²) in [5.74, 6) is 0.829. The second-order valence-electron chi connectivity index (χ2n) is 8.31. The van der Waals surface area contributed by atoms with Crippen LogP contribution in [0.4, 0.5) is 0 Å². The van der Waals surface area contributed by atoms with Gasteiger partial charge in [0.05, 0.1) is 13.7 Å². The van der Waals surface area contributed by atoms with Gasteiger partial charge in [-0.3, -0.25) is 14.7 Å². The van der Waals surface area contributed by atoms with Gasteiger partial charge >= 0.3 is 0 Å². The van der Waals surface area contributed by atoms with Crippen LogP contribution < -0.4 is 10.3 Å². The van der Waals surface area contributed by atoms with Gasteiger partial charge in [0.2, 0.25) is 0 Å². The lowest BCUT2D eigenvalue weighted by atomic mass is 9.89. The van der Waals surface area contributed by atoms with Crippen molar-refractivity contribution >= 4 is 0 Å². The van der Waals surface area contributed by atoms with E-state index in [9.17, 15) is 4.79 Å². The smallest absolute Gasteiger partial charge is 0.258 e. The summed E-state index contributed by atoms with van der Waals surface area (Å²) >= 11 is 0. The van der Waals surface area contributed by atoms with E-state index in [1.165, 1.54) is 30.5 Å². The fourth-order valence-corrected chi connectivity index (χ4v) is 4.62. The third-order valence-electron chi connectivity index (χ3n) is 6.58. The van der Waals surface area contributed by atoms with E-state index in [0.29, 0.717) is 12.6 Å². The lowest BCUT2D eigenvalue weighted by molar-refractivity contribution is 0.111. The van der Waals surface area contributed by atoms with Gasteiger partial charge < -0.3 is 9.30 Å². The molecule has 2 aliphatic rings. The van der Waals surface area contributed by atoms with Crippen LogP contribution in [0.5, 0.6) is 5.75 Å². The predicted octanol–water partition coefficient (Wildman–Crippen LogP) is 3.88. The molecule has 2 aromatic heterocycles. The van der Waals surface area contributed by atoms with Gasteiger partial charge in [0, 0.05) is 49.2 Å². The lowest BCUT2D eigenvalue weighted by Crippen LogP contribution is -2.44. The minimum Gasteiger partial charge on any atom is -0.497 e. The summed E-state index contributed by atoms with van der Waals surface area (Å²) < 4.78 is 7.27. The number of methoxy groups -OCH3 is 1. The van der Waals surface area contributed by atoms with Gasteiger partial charge in [0.15, 0.2) is 0 Å². The highest BCUT2D eigenvalue weighted by atomic mass is 16.5. The second-order valence-corrected chi connectivity index (χ2v) is 8.31. The van der Waals surface area contributed by atoms with Crippen LogP contribution in [0.1, 0.15) is 36.1 Å². The van der Waals surface area contributed by atoms with Crippen molar-refractivity contribution in [3.05, 3.63) is 82.0 Å². The third kappa shape index (κ3) is 3.54. The summed E-state index contributed by atoms with van der Waals surface area (Å²) in [6.07, 6.45) is 8.38. The Kier molecular flexibility index (Phi) is 5.13. The molecule has 1 aliphatic heterocycles. The Hall–Kier alpha value is -2.92. The van der Waals surface area contributed by atoms with E-state index >= 15 is 0 Å². The van der Waals surface area contributed by atoms with Crippen molar-refractivity contribution < 1.29 is 4.74 Å². The van der Waals surface area contributed by atoms with Crippen molar-refractivity contribution in [1.82, 2.24) is 14.5 Å². The SMILES string of the molecule is COc1ccc(Cn2c3c(cc(-c4ccncc4)c2=O)CN(C2CCC2)CC3)cc1. The van der Waals surface area contributed by atoms with Gasteiger partial charge in [-0.1, -0.05) is 18.6 Å². The molecule has 0 bridgehead atoms. The van der Waals surface area contributed by atoms with E-state index < -0.39 is 0 Å². The standard InChI is InChI=1S/C25H27N3O2/c1-30-22-7-5-18(6-8-22)16-28-24-11-14-27(21-3-2-4-21)17-20(24)15-23(25(28)29)19-9-12-26-13-10-19/h5-10,12-13,15,21H,2-4,11,14,16-17H2,1H3. The highest BCUT2D eigenvalue weighted by molar-refractivity contribution is 5.63. The van der Waals surface area contributed by atoms with Crippen LogP contribution in [-0.2, 0) is 19.5 Å². The predicted molar refractivity (Wildman–Crippen MR) is 118 cm³/mol. The van der Waals surface area contributed by atoms with Gasteiger partial charge in [0.1, 0.15) is 5.75 Å². The first kappa shape index (κ1) is 19.1. The fourth-order valence-electron chi connectivity index (χ4n) is 4.62. The number of ether oxygens (including phenoxy) is 1. The Morgan fingerprint density at radius 2 is 1.87 bits per heavy atom. The van der Waals surface area contributed by atoms with Crippen molar-refractivity contribution in [3.8, 4) is 16.9 Å². The highest BCUT2D eigenvalue weighted by Gasteiger charge is 2.29. The molecule has 0 unspecified atom stereocenters. The van der Waals surface area contributed by atoms with E-state index in [1.54, 1.807) is 19.5 Å². The Morgan fingerprint density at radius 3 is 2.53 bits per heavy atom. The maximum Gasteiger partial charge on any atom is 0.258 e. The number of nitrogens with zero attached hydrogens (tertiary/aromatic N) is 3. The zero-order chi connectivity index (χ0) is 20.5. The zero-order valence-corrected chi connectivity index (χ0v) is 17.4. The molecule has 0 radical (unpaired) electrons. The summed E-state index contributed by atoms with van der Waals surface area (Å²) in [7, 11) is 1.67. The van der Waals surface area contributed by atoms with E-state index in [1.807, 2.05) is 41.0 Å². The van der Waals surface area contributed by atoms with Crippen LogP contribution >= 0.6 is 0 Å². The van der Waals surface area contributed by atoms with Gasteiger partial charge in [-0.25, -0.2) is 0 Å². The molecule has 3 heterocycles. The van der Waals surface area contributed by atoms with Crippen LogP contribution in [0.2, 0.25) is 0 Å². The topological polar surface area (TPSA) is 47.4 Å². The van der Waals surface area contributed by atoms with Crippen LogP contribution in [0.25, 0.3) is 11.1 Å². The molecule has 0 N–H and O–H groups in total. The number of hydrogen-bond acceptors (Lipinski definition) is 4. The Balaban J connectivity index is 1.58. The molecule has 1 saturated carbocycles. The summed E-state index contributed by atoms with van der Waals surface area (Å²) in [5.41, 5.74) is 5.35. The molecule has 1 fully saturated rings. The maximum absolute atomic E-state index is 13.6. The normalized spacial score (nSPS) is 16.7. The molecule has 1 aliphatic carbocycles. The van der Waals surface area contributed by atoms with Crippen molar-refractivity contribution in [3.63, 3.8) is 0 Å². The number of aromatic nitrogens is 2. The molecule has 5 rings (SSSR count). The fraction of sp³-hybridized carbons (Fsp3) is 0.360. The number of benzene rings is 1. The van der Waals surface area contributed by atoms with Crippen molar-refractivity contribution in [2.45, 2.75) is 44.8 Å². The minimum absolute atomic E-state index is 0.0767. The number of hydrogen-bond donors (Lipinski definition) is 0. The van der Waals surface area contributed by atoms with E-state index in [4.69, 9.17) is 4.74 Å². The van der Waals surface area contributed by atoms with E-state index in [2.05, 4.69) is 16.0 Å². The molecule has 1 aromatic carbocycles. The van der Waals surface area contributed by atoms with Gasteiger partial charge in [0.25, 0.3) is 5.56 Å². The van der Waals surface area contributed by atoms with Crippen LogP contribution in [0.15, 0.2) is 59.7 Å². The Morgan fingerprint density at radius 1 is 1.10 bits per heavy atom. The van der Waals surface area contributed by atoms with Crippen molar-refractivity contribution in [2.75, 3.05) is 13.7 Å². The zero-order valence-electron chi connectivity index (χ0n) is 17.4. The first-order valence-corrected chi connectivity index (χ1v) is 10.8. The van der Waals surface area contributed by atoms with Crippen LogP contribution in [-0.4, -0.2) is 34.1 Å². The summed E-state index contributed by atoms with van der Waals surface area (Å²) in [4.78, 5) is 20.3. The quantitative estimate of drug-likeness (QED) is 0.651. The lowest BCUT2D eigenvalue weighted by Gasteiger charge is -2.41. The second kappa shape index (κ2) is 8.07. The van der Waals surface area contributed by atoms with E-state index in [0.717, 1.165) is 42.0 Å². The molecule has 30 heavy (non-hydrogen) atoms. The Bertz CT molecular complexity index is 1090. The molecular weight excluding hydrogens is 374 g/mol. The number of pyridine rings is 2. The molecule has 5 heteroatoms. The largest absolute Gasteiger partial charge is 0.497 e. The number of rotatable bonds is 5. The first-order chi connectivity index (χ1) is 14.7. The Labute approximate surface area is 177 Å². The van der Waals surface area contributed by atoms with Gasteiger partial charge in [-0.2, -0.15) is 0 Å². The molecule has 5 nitrogen and oxygen atoms in total. The van der Waals surface area contributed by atoms with Crippen LogP contribution in [0, 0.1) is 0 Å². The first-order valence-electron chi connectivity index (χ1n) is 10.8. The maximum atomic E-state index is 13.6. The molecule has 0 atom stereocenters. The molecule has 0 amide bonds. The minimum atomic E-state index is 0.0767. The van der Waals surface area contributed by atoms with Crippen molar-refractivity contribution in [1.29, 1.82) is 0 Å². The van der Waals surface area contributed by atoms with Crippen molar-refractivity contribution in [2.24, 2.45) is 0 Å². The average molecular weight is 402 g/mol. The number of fused-ring (bicyclic) bond motifs is 1. The summed E-state index contributed by atoms with van der Waals surface area (Å²) in [5, 5.41) is 0. The highest BCUT2D eigenvalue weighted by Crippen LogP contribution is 2.31. The molecule has 0 saturated heterocycles. The summed E-state index contributed by atoms with van der Waals surface area (Å²) in [6.45, 7) is 2.54. The summed E-state index contributed by atoms with van der Waals surface area (Å²) in [6, 6.07) is 14.7. The van der Waals surface area contributed by atoms with Crippen LogP contribution in [0.3, 0.4) is 0 Å². The molecule has 154 valence electrons. The molecule has 3 aromatic rings. The van der Waals surface area contributed by atoms with Gasteiger partial charge in [-0.15, -0.1) is 0 Å². The van der Waals surface area contributed by atoms with Gasteiger partial charge in [-0.05, 0) is 59.9 Å². The monoisotopic (exact) mass is 401 g/mol. The van der Waals surface area contributed by atoms with E-state index in [-0.39, 0.29) is 5.56 Å². The molecular formula is C25H27N3O2. The molecule has 0 spiro atoms. The third-order valence-corrected chi connectivity index (χ3v) is 6.58. The average Bonchev–Trinajstić information content (AvgIpc) is 2.75.